The molecule has 0 radical (unpaired) electrons. The number of carbonyl (C=O) groups excluding carboxylic acids is 1. The van der Waals surface area contributed by atoms with E-state index in [2.05, 4.69) is 10.5 Å². The zero-order chi connectivity index (χ0) is 9.68. The summed E-state index contributed by atoms with van der Waals surface area (Å²) >= 11 is 0. The van der Waals surface area contributed by atoms with Crippen LogP contribution in [0.5, 0.6) is 0 Å². The number of hydrazone groups is 1. The van der Waals surface area contributed by atoms with Crippen LogP contribution < -0.4 is 11.2 Å². The molecule has 1 rings (SSSR count). The van der Waals surface area contributed by atoms with Gasteiger partial charge in [0.05, 0.1) is 5.71 Å². The Balaban J connectivity index is 2.73. The van der Waals surface area contributed by atoms with Crippen LogP contribution >= 0.6 is 0 Å². The number of nitrogens with two attached hydrogens (primary N) is 1. The first kappa shape index (κ1) is 9.25. The number of urea groups is 1. The quantitative estimate of drug-likeness (QED) is 0.515. The summed E-state index contributed by atoms with van der Waals surface area (Å²) in [4.78, 5) is 10.3. The van der Waals surface area contributed by atoms with Gasteiger partial charge in [-0.15, -0.1) is 0 Å². The van der Waals surface area contributed by atoms with Gasteiger partial charge in [-0.05, 0) is 12.5 Å². The Hall–Kier alpha value is -1.84. The fraction of sp³-hybridized carbons (Fsp3) is 0.111. The average molecular weight is 177 g/mol. The third kappa shape index (κ3) is 2.94. The second-order valence-corrected chi connectivity index (χ2v) is 2.54. The molecule has 0 heterocycles. The van der Waals surface area contributed by atoms with Gasteiger partial charge in [0.25, 0.3) is 0 Å². The molecule has 0 atom stereocenters. The van der Waals surface area contributed by atoms with E-state index < -0.39 is 6.03 Å². The van der Waals surface area contributed by atoms with Crippen LogP contribution in [-0.2, 0) is 0 Å². The van der Waals surface area contributed by atoms with E-state index in [0.29, 0.717) is 0 Å². The van der Waals surface area contributed by atoms with Gasteiger partial charge in [-0.2, -0.15) is 5.10 Å². The third-order valence-corrected chi connectivity index (χ3v) is 1.53. The van der Waals surface area contributed by atoms with E-state index in [9.17, 15) is 4.79 Å². The zero-order valence-electron chi connectivity index (χ0n) is 7.32. The van der Waals surface area contributed by atoms with Crippen LogP contribution in [0.25, 0.3) is 0 Å². The Bertz CT molecular complexity index is 319. The minimum atomic E-state index is -0.657. The first-order valence-electron chi connectivity index (χ1n) is 3.85. The summed E-state index contributed by atoms with van der Waals surface area (Å²) < 4.78 is 0. The molecule has 0 aromatic heterocycles. The first-order chi connectivity index (χ1) is 6.20. The predicted octanol–water partition coefficient (Wildman–Crippen LogP) is 1.08. The molecule has 0 aliphatic carbocycles. The minimum absolute atomic E-state index is 0.657. The molecule has 1 aromatic carbocycles. The molecule has 0 saturated heterocycles. The summed E-state index contributed by atoms with van der Waals surface area (Å²) in [6.07, 6.45) is 0. The monoisotopic (exact) mass is 177 g/mol. The number of rotatable bonds is 2. The van der Waals surface area contributed by atoms with E-state index >= 15 is 0 Å². The first-order valence-corrected chi connectivity index (χ1v) is 3.85. The van der Waals surface area contributed by atoms with E-state index in [-0.39, 0.29) is 0 Å². The van der Waals surface area contributed by atoms with Gasteiger partial charge in [0, 0.05) is 0 Å². The summed E-state index contributed by atoms with van der Waals surface area (Å²) in [6, 6.07) is 8.87. The molecular formula is C9H11N3O. The number of benzene rings is 1. The van der Waals surface area contributed by atoms with Gasteiger partial charge in [-0.3, -0.25) is 0 Å². The van der Waals surface area contributed by atoms with Crippen molar-refractivity contribution in [1.82, 2.24) is 5.43 Å². The van der Waals surface area contributed by atoms with Crippen molar-refractivity contribution in [2.75, 3.05) is 0 Å². The fourth-order valence-electron chi connectivity index (χ4n) is 0.883. The highest BCUT2D eigenvalue weighted by molar-refractivity contribution is 5.99. The van der Waals surface area contributed by atoms with Crippen LogP contribution in [0.3, 0.4) is 0 Å². The lowest BCUT2D eigenvalue weighted by Gasteiger charge is -1.99. The lowest BCUT2D eigenvalue weighted by Crippen LogP contribution is -2.25. The van der Waals surface area contributed by atoms with Gasteiger partial charge < -0.3 is 5.73 Å². The van der Waals surface area contributed by atoms with Crippen molar-refractivity contribution >= 4 is 11.7 Å². The molecule has 0 saturated carbocycles. The lowest BCUT2D eigenvalue weighted by molar-refractivity contribution is 0.249. The third-order valence-electron chi connectivity index (χ3n) is 1.53. The normalized spacial score (nSPS) is 11.0. The van der Waals surface area contributed by atoms with Crippen LogP contribution in [0, 0.1) is 0 Å². The van der Waals surface area contributed by atoms with Gasteiger partial charge in [-0.1, -0.05) is 30.3 Å². The van der Waals surface area contributed by atoms with E-state index in [0.717, 1.165) is 11.3 Å². The fourth-order valence-corrected chi connectivity index (χ4v) is 0.883. The Morgan fingerprint density at radius 3 is 2.54 bits per heavy atom. The molecule has 68 valence electrons. The molecular weight excluding hydrogens is 166 g/mol. The number of nitrogens with one attached hydrogen (secondary N) is 1. The van der Waals surface area contributed by atoms with Gasteiger partial charge in [-0.25, -0.2) is 10.2 Å². The molecule has 13 heavy (non-hydrogen) atoms. The van der Waals surface area contributed by atoms with Crippen LogP contribution in [0.15, 0.2) is 35.4 Å². The van der Waals surface area contributed by atoms with Crippen molar-refractivity contribution < 1.29 is 4.79 Å². The molecule has 4 heteroatoms. The molecule has 0 aliphatic rings. The number of primary amides is 1. The highest BCUT2D eigenvalue weighted by Crippen LogP contribution is 1.99. The van der Waals surface area contributed by atoms with Gasteiger partial charge in [0.2, 0.25) is 0 Å². The molecule has 0 aliphatic heterocycles. The molecule has 0 fully saturated rings. The lowest BCUT2D eigenvalue weighted by atomic mass is 10.1. The van der Waals surface area contributed by atoms with E-state index in [1.54, 1.807) is 6.92 Å². The number of hydrogen-bond acceptors (Lipinski definition) is 2. The maximum Gasteiger partial charge on any atom is 0.332 e. The van der Waals surface area contributed by atoms with E-state index in [1.807, 2.05) is 30.3 Å². The summed E-state index contributed by atoms with van der Waals surface area (Å²) in [5.41, 5.74) is 8.71. The Morgan fingerprint density at radius 1 is 1.38 bits per heavy atom. The molecule has 4 nitrogen and oxygen atoms in total. The van der Waals surface area contributed by atoms with Crippen LogP contribution in [0.1, 0.15) is 12.5 Å². The zero-order valence-corrected chi connectivity index (χ0v) is 7.32. The summed E-state index contributed by atoms with van der Waals surface area (Å²) in [7, 11) is 0. The minimum Gasteiger partial charge on any atom is -0.350 e. The highest BCUT2D eigenvalue weighted by atomic mass is 16.2. The van der Waals surface area contributed by atoms with Crippen LogP contribution in [0.4, 0.5) is 4.79 Å². The summed E-state index contributed by atoms with van der Waals surface area (Å²) in [6.45, 7) is 1.80. The largest absolute Gasteiger partial charge is 0.350 e. The number of amides is 2. The maximum absolute atomic E-state index is 10.3. The van der Waals surface area contributed by atoms with Crippen molar-refractivity contribution in [2.24, 2.45) is 10.8 Å². The Labute approximate surface area is 76.4 Å². The van der Waals surface area contributed by atoms with Gasteiger partial charge in [0.15, 0.2) is 0 Å². The Kier molecular flexibility index (Phi) is 3.03. The number of hydrogen-bond donors (Lipinski definition) is 2. The number of nitrogens with zero attached hydrogens (tertiary/aromatic N) is 1. The Morgan fingerprint density at radius 2 is 2.00 bits per heavy atom. The van der Waals surface area contributed by atoms with E-state index in [4.69, 9.17) is 5.73 Å². The smallest absolute Gasteiger partial charge is 0.332 e. The van der Waals surface area contributed by atoms with Crippen LogP contribution in [-0.4, -0.2) is 11.7 Å². The molecule has 1 aromatic rings. The van der Waals surface area contributed by atoms with Crippen molar-refractivity contribution in [3.05, 3.63) is 35.9 Å². The SMILES string of the molecule is C/C(=N/NC(N)=O)c1ccccc1. The van der Waals surface area contributed by atoms with Crippen molar-refractivity contribution in [2.45, 2.75) is 6.92 Å². The predicted molar refractivity (Wildman–Crippen MR) is 51.4 cm³/mol. The topological polar surface area (TPSA) is 67.5 Å². The van der Waals surface area contributed by atoms with Crippen molar-refractivity contribution in [1.29, 1.82) is 0 Å². The highest BCUT2D eigenvalue weighted by Gasteiger charge is 1.95. The molecule has 0 unspecified atom stereocenters. The van der Waals surface area contributed by atoms with Gasteiger partial charge in [0.1, 0.15) is 0 Å². The average Bonchev–Trinajstić information content (AvgIpc) is 2.15. The van der Waals surface area contributed by atoms with E-state index in [1.165, 1.54) is 0 Å². The molecule has 3 N–H and O–H groups in total. The number of carbonyl (C=O) groups is 1. The van der Waals surface area contributed by atoms with Crippen molar-refractivity contribution in [3.8, 4) is 0 Å². The second kappa shape index (κ2) is 4.25. The van der Waals surface area contributed by atoms with Gasteiger partial charge >= 0.3 is 6.03 Å². The van der Waals surface area contributed by atoms with Crippen molar-refractivity contribution in [3.63, 3.8) is 0 Å². The standard InChI is InChI=1S/C9H11N3O/c1-7(11-12-9(10)13)8-5-3-2-4-6-8/h2-6H,1H3,(H3,10,12,13)/b11-7-. The molecule has 2 amide bonds. The maximum atomic E-state index is 10.3. The molecule has 0 bridgehead atoms. The van der Waals surface area contributed by atoms with Crippen LogP contribution in [0.2, 0.25) is 0 Å². The summed E-state index contributed by atoms with van der Waals surface area (Å²) in [5.74, 6) is 0. The molecule has 0 spiro atoms. The summed E-state index contributed by atoms with van der Waals surface area (Å²) in [5, 5.41) is 3.79. The second-order valence-electron chi connectivity index (χ2n) is 2.54.